The number of rotatable bonds is 3. The molecular weight excluding hydrogens is 200 g/mol. The fraction of sp³-hybridized carbons (Fsp3) is 0.0769. The lowest BCUT2D eigenvalue weighted by molar-refractivity contribution is 0.469. The molecule has 2 rings (SSSR count). The topological polar surface area (TPSA) is 58.3 Å². The van der Waals surface area contributed by atoms with Gasteiger partial charge in [-0.2, -0.15) is 0 Å². The maximum absolute atomic E-state index is 9.62. The van der Waals surface area contributed by atoms with Crippen LogP contribution in [-0.2, 0) is 6.54 Å². The van der Waals surface area contributed by atoms with Gasteiger partial charge >= 0.3 is 0 Å². The molecule has 0 amide bonds. The molecule has 0 aliphatic carbocycles. The molecule has 3 heteroatoms. The third kappa shape index (κ3) is 2.45. The number of phenolic OH excluding ortho intramolecular Hbond substituents is 1. The van der Waals surface area contributed by atoms with Gasteiger partial charge in [0.25, 0.3) is 0 Å². The van der Waals surface area contributed by atoms with E-state index in [1.54, 1.807) is 18.2 Å². The molecule has 0 saturated heterocycles. The number of para-hydroxylation sites is 1. The minimum Gasteiger partial charge on any atom is -0.508 e. The molecule has 0 unspecified atom stereocenters. The second-order valence-corrected chi connectivity index (χ2v) is 3.61. The van der Waals surface area contributed by atoms with Crippen molar-refractivity contribution in [2.24, 2.45) is 0 Å². The minimum absolute atomic E-state index is 0.262. The van der Waals surface area contributed by atoms with Crippen molar-refractivity contribution in [3.05, 3.63) is 54.1 Å². The summed E-state index contributed by atoms with van der Waals surface area (Å²) in [4.78, 5) is 0. The van der Waals surface area contributed by atoms with E-state index < -0.39 is 0 Å². The number of phenols is 1. The number of nitrogens with two attached hydrogens (primary N) is 1. The van der Waals surface area contributed by atoms with Gasteiger partial charge < -0.3 is 16.2 Å². The van der Waals surface area contributed by atoms with Crippen LogP contribution >= 0.6 is 0 Å². The molecule has 0 aliphatic heterocycles. The smallest absolute Gasteiger partial charge is 0.120 e. The van der Waals surface area contributed by atoms with Crippen molar-refractivity contribution in [3.8, 4) is 5.75 Å². The zero-order valence-corrected chi connectivity index (χ0v) is 8.85. The maximum atomic E-state index is 9.62. The average Bonchev–Trinajstić information content (AvgIpc) is 2.32. The van der Waals surface area contributed by atoms with E-state index in [-0.39, 0.29) is 5.75 Å². The largest absolute Gasteiger partial charge is 0.508 e. The van der Waals surface area contributed by atoms with Crippen molar-refractivity contribution < 1.29 is 5.11 Å². The quantitative estimate of drug-likeness (QED) is 0.543. The zero-order valence-electron chi connectivity index (χ0n) is 8.85. The fourth-order valence-corrected chi connectivity index (χ4v) is 1.50. The standard InChI is InChI=1S/C13H14N2O/c14-11-6-7-13(16)10(8-11)9-15-12-4-2-1-3-5-12/h1-8,15-16H,9,14H2. The van der Waals surface area contributed by atoms with Crippen LogP contribution in [0.4, 0.5) is 11.4 Å². The molecule has 2 aromatic carbocycles. The fourth-order valence-electron chi connectivity index (χ4n) is 1.50. The molecule has 0 spiro atoms. The number of hydrogen-bond donors (Lipinski definition) is 3. The van der Waals surface area contributed by atoms with Gasteiger partial charge in [-0.15, -0.1) is 0 Å². The summed E-state index contributed by atoms with van der Waals surface area (Å²) in [6.45, 7) is 0.556. The first kappa shape index (κ1) is 10.4. The Hall–Kier alpha value is -2.16. The summed E-state index contributed by atoms with van der Waals surface area (Å²) in [5.41, 5.74) is 8.13. The van der Waals surface area contributed by atoms with E-state index in [0.29, 0.717) is 12.2 Å². The Labute approximate surface area is 94.5 Å². The number of nitrogen functional groups attached to an aromatic ring is 1. The van der Waals surface area contributed by atoms with Crippen LogP contribution in [0.15, 0.2) is 48.5 Å². The highest BCUT2D eigenvalue weighted by molar-refractivity contribution is 5.50. The molecule has 0 atom stereocenters. The Morgan fingerprint density at radius 2 is 1.81 bits per heavy atom. The predicted octanol–water partition coefficient (Wildman–Crippen LogP) is 2.59. The van der Waals surface area contributed by atoms with Crippen molar-refractivity contribution in [3.63, 3.8) is 0 Å². The highest BCUT2D eigenvalue weighted by Crippen LogP contribution is 2.20. The summed E-state index contributed by atoms with van der Waals surface area (Å²) in [7, 11) is 0. The van der Waals surface area contributed by atoms with Crippen molar-refractivity contribution >= 4 is 11.4 Å². The normalized spacial score (nSPS) is 10.0. The van der Waals surface area contributed by atoms with Crippen molar-refractivity contribution in [2.75, 3.05) is 11.1 Å². The van der Waals surface area contributed by atoms with Crippen LogP contribution in [-0.4, -0.2) is 5.11 Å². The van der Waals surface area contributed by atoms with E-state index >= 15 is 0 Å². The molecule has 0 heterocycles. The predicted molar refractivity (Wildman–Crippen MR) is 66.3 cm³/mol. The van der Waals surface area contributed by atoms with Gasteiger partial charge in [0.05, 0.1) is 0 Å². The average molecular weight is 214 g/mol. The monoisotopic (exact) mass is 214 g/mol. The van der Waals surface area contributed by atoms with Crippen LogP contribution in [0.3, 0.4) is 0 Å². The van der Waals surface area contributed by atoms with Crippen LogP contribution in [0.2, 0.25) is 0 Å². The number of hydrogen-bond acceptors (Lipinski definition) is 3. The Bertz CT molecular complexity index is 469. The van der Waals surface area contributed by atoms with Crippen molar-refractivity contribution in [1.29, 1.82) is 0 Å². The van der Waals surface area contributed by atoms with E-state index in [1.165, 1.54) is 0 Å². The molecule has 82 valence electrons. The Kier molecular flexibility index (Phi) is 2.96. The second kappa shape index (κ2) is 4.57. The number of nitrogens with one attached hydrogen (secondary N) is 1. The van der Waals surface area contributed by atoms with Gasteiger partial charge in [0.2, 0.25) is 0 Å². The van der Waals surface area contributed by atoms with Gasteiger partial charge in [0.1, 0.15) is 5.75 Å². The number of benzene rings is 2. The SMILES string of the molecule is Nc1ccc(O)c(CNc2ccccc2)c1. The molecule has 0 bridgehead atoms. The zero-order chi connectivity index (χ0) is 11.4. The van der Waals surface area contributed by atoms with Crippen LogP contribution < -0.4 is 11.1 Å². The van der Waals surface area contributed by atoms with Crippen molar-refractivity contribution in [2.45, 2.75) is 6.54 Å². The van der Waals surface area contributed by atoms with E-state index in [9.17, 15) is 5.11 Å². The van der Waals surface area contributed by atoms with Crippen molar-refractivity contribution in [1.82, 2.24) is 0 Å². The molecule has 0 radical (unpaired) electrons. The van der Waals surface area contributed by atoms with Crippen LogP contribution in [0.5, 0.6) is 5.75 Å². The lowest BCUT2D eigenvalue weighted by Gasteiger charge is -2.08. The van der Waals surface area contributed by atoms with Gasteiger partial charge in [-0.3, -0.25) is 0 Å². The third-order valence-electron chi connectivity index (χ3n) is 2.36. The lowest BCUT2D eigenvalue weighted by atomic mass is 10.1. The highest BCUT2D eigenvalue weighted by Gasteiger charge is 2.01. The van der Waals surface area contributed by atoms with Crippen LogP contribution in [0.1, 0.15) is 5.56 Å². The highest BCUT2D eigenvalue weighted by atomic mass is 16.3. The van der Waals surface area contributed by atoms with E-state index in [2.05, 4.69) is 5.32 Å². The summed E-state index contributed by atoms with van der Waals surface area (Å²) >= 11 is 0. The molecular formula is C13H14N2O. The molecule has 0 fully saturated rings. The first-order valence-electron chi connectivity index (χ1n) is 5.12. The third-order valence-corrected chi connectivity index (χ3v) is 2.36. The first-order chi connectivity index (χ1) is 7.75. The summed E-state index contributed by atoms with van der Waals surface area (Å²) in [6.07, 6.45) is 0. The molecule has 0 aliphatic rings. The first-order valence-corrected chi connectivity index (χ1v) is 5.12. The maximum Gasteiger partial charge on any atom is 0.120 e. The summed E-state index contributed by atoms with van der Waals surface area (Å²) in [6, 6.07) is 14.9. The van der Waals surface area contributed by atoms with Crippen LogP contribution in [0, 0.1) is 0 Å². The van der Waals surface area contributed by atoms with Gasteiger partial charge in [-0.1, -0.05) is 18.2 Å². The molecule has 0 saturated carbocycles. The van der Waals surface area contributed by atoms with E-state index in [4.69, 9.17) is 5.73 Å². The van der Waals surface area contributed by atoms with Gasteiger partial charge in [-0.05, 0) is 30.3 Å². The minimum atomic E-state index is 0.262. The Morgan fingerprint density at radius 1 is 1.06 bits per heavy atom. The molecule has 2 aromatic rings. The second-order valence-electron chi connectivity index (χ2n) is 3.61. The molecule has 3 nitrogen and oxygen atoms in total. The van der Waals surface area contributed by atoms with E-state index in [1.807, 2.05) is 30.3 Å². The molecule has 4 N–H and O–H groups in total. The summed E-state index contributed by atoms with van der Waals surface area (Å²) < 4.78 is 0. The van der Waals surface area contributed by atoms with Gasteiger partial charge in [0.15, 0.2) is 0 Å². The summed E-state index contributed by atoms with van der Waals surface area (Å²) in [5, 5.41) is 12.8. The van der Waals surface area contributed by atoms with Gasteiger partial charge in [0, 0.05) is 23.5 Å². The Balaban J connectivity index is 2.08. The Morgan fingerprint density at radius 3 is 2.56 bits per heavy atom. The lowest BCUT2D eigenvalue weighted by Crippen LogP contribution is -2.00. The molecule has 16 heavy (non-hydrogen) atoms. The summed E-state index contributed by atoms with van der Waals surface area (Å²) in [5.74, 6) is 0.262. The molecule has 0 aromatic heterocycles. The van der Waals surface area contributed by atoms with Crippen LogP contribution in [0.25, 0.3) is 0 Å². The van der Waals surface area contributed by atoms with E-state index in [0.717, 1.165) is 11.3 Å². The number of anilines is 2. The number of aromatic hydroxyl groups is 1. The van der Waals surface area contributed by atoms with Gasteiger partial charge in [-0.25, -0.2) is 0 Å².